The lowest BCUT2D eigenvalue weighted by Gasteiger charge is -2.25. The van der Waals surface area contributed by atoms with E-state index < -0.39 is 16.1 Å². The van der Waals surface area contributed by atoms with Gasteiger partial charge in [0, 0.05) is 6.04 Å². The summed E-state index contributed by atoms with van der Waals surface area (Å²) in [5.41, 5.74) is 0.835. The number of rotatable bonds is 6. The highest BCUT2D eigenvalue weighted by Gasteiger charge is 2.25. The second kappa shape index (κ2) is 7.55. The van der Waals surface area contributed by atoms with E-state index >= 15 is 0 Å². The second-order valence-electron chi connectivity index (χ2n) is 6.42. The van der Waals surface area contributed by atoms with Crippen molar-refractivity contribution in [2.24, 2.45) is 5.92 Å². The molecule has 0 amide bonds. The molecule has 0 unspecified atom stereocenters. The van der Waals surface area contributed by atoms with Gasteiger partial charge < -0.3 is 14.2 Å². The molecule has 2 aromatic carbocycles. The first-order valence-electron chi connectivity index (χ1n) is 8.46. The second-order valence-corrected chi connectivity index (χ2v) is 8.14. The SMILES string of the molecule is COc1ccc(S(=O)(=O)N[C@@H](c2ccc3c(c2)OCCO3)C(C)C)cc1. The van der Waals surface area contributed by atoms with Gasteiger partial charge in [-0.15, -0.1) is 0 Å². The minimum absolute atomic E-state index is 0.0468. The van der Waals surface area contributed by atoms with Crippen molar-refractivity contribution in [1.29, 1.82) is 0 Å². The average molecular weight is 377 g/mol. The van der Waals surface area contributed by atoms with Crippen molar-refractivity contribution in [2.75, 3.05) is 20.3 Å². The summed E-state index contributed by atoms with van der Waals surface area (Å²) in [5.74, 6) is 1.98. The van der Waals surface area contributed by atoms with Crippen LogP contribution in [0.5, 0.6) is 17.2 Å². The van der Waals surface area contributed by atoms with Crippen molar-refractivity contribution >= 4 is 10.0 Å². The van der Waals surface area contributed by atoms with E-state index in [9.17, 15) is 8.42 Å². The summed E-state index contributed by atoms with van der Waals surface area (Å²) < 4.78 is 44.6. The Kier molecular flexibility index (Phi) is 5.38. The van der Waals surface area contributed by atoms with Gasteiger partial charge in [-0.1, -0.05) is 19.9 Å². The Balaban J connectivity index is 1.88. The number of ether oxygens (including phenoxy) is 3. The molecule has 7 heteroatoms. The van der Waals surface area contributed by atoms with E-state index in [0.717, 1.165) is 5.56 Å². The zero-order valence-corrected chi connectivity index (χ0v) is 15.9. The van der Waals surface area contributed by atoms with Gasteiger partial charge in [0.1, 0.15) is 19.0 Å². The van der Waals surface area contributed by atoms with E-state index in [1.807, 2.05) is 32.0 Å². The highest BCUT2D eigenvalue weighted by Crippen LogP contribution is 2.35. The Morgan fingerprint density at radius 3 is 2.27 bits per heavy atom. The lowest BCUT2D eigenvalue weighted by atomic mass is 9.97. The molecule has 0 bridgehead atoms. The first-order valence-corrected chi connectivity index (χ1v) is 9.95. The molecule has 3 rings (SSSR count). The lowest BCUT2D eigenvalue weighted by molar-refractivity contribution is 0.171. The van der Waals surface area contributed by atoms with E-state index in [4.69, 9.17) is 14.2 Å². The number of benzene rings is 2. The van der Waals surface area contributed by atoms with Crippen LogP contribution in [0.15, 0.2) is 47.4 Å². The van der Waals surface area contributed by atoms with E-state index in [1.165, 1.54) is 12.1 Å². The number of hydrogen-bond donors (Lipinski definition) is 1. The third kappa shape index (κ3) is 3.94. The fraction of sp³-hybridized carbons (Fsp3) is 0.368. The van der Waals surface area contributed by atoms with Crippen LogP contribution in [0.25, 0.3) is 0 Å². The zero-order valence-electron chi connectivity index (χ0n) is 15.1. The third-order valence-corrected chi connectivity index (χ3v) is 5.70. The number of sulfonamides is 1. The molecule has 0 spiro atoms. The van der Waals surface area contributed by atoms with Gasteiger partial charge in [0.15, 0.2) is 11.5 Å². The summed E-state index contributed by atoms with van der Waals surface area (Å²) in [4.78, 5) is 0.196. The van der Waals surface area contributed by atoms with Crippen LogP contribution in [0, 0.1) is 5.92 Å². The monoisotopic (exact) mass is 377 g/mol. The number of methoxy groups -OCH3 is 1. The van der Waals surface area contributed by atoms with E-state index in [0.29, 0.717) is 30.5 Å². The highest BCUT2D eigenvalue weighted by atomic mass is 32.2. The molecular weight excluding hydrogens is 354 g/mol. The molecule has 0 radical (unpaired) electrons. The molecule has 0 saturated heterocycles. The van der Waals surface area contributed by atoms with Crippen LogP contribution in [-0.4, -0.2) is 28.7 Å². The normalized spacial score (nSPS) is 14.9. The maximum atomic E-state index is 12.8. The molecule has 0 aromatic heterocycles. The molecule has 0 aliphatic carbocycles. The Bertz CT molecular complexity index is 862. The molecule has 0 fully saturated rings. The Morgan fingerprint density at radius 2 is 1.65 bits per heavy atom. The summed E-state index contributed by atoms with van der Waals surface area (Å²) >= 11 is 0. The van der Waals surface area contributed by atoms with Crippen molar-refractivity contribution in [3.05, 3.63) is 48.0 Å². The smallest absolute Gasteiger partial charge is 0.241 e. The molecule has 1 N–H and O–H groups in total. The Morgan fingerprint density at radius 1 is 1.00 bits per heavy atom. The van der Waals surface area contributed by atoms with Gasteiger partial charge in [-0.3, -0.25) is 0 Å². The van der Waals surface area contributed by atoms with E-state index in [1.54, 1.807) is 19.2 Å². The molecule has 2 aromatic rings. The molecule has 140 valence electrons. The van der Waals surface area contributed by atoms with Crippen molar-refractivity contribution in [3.8, 4) is 17.2 Å². The largest absolute Gasteiger partial charge is 0.497 e. The maximum absolute atomic E-state index is 12.8. The zero-order chi connectivity index (χ0) is 18.7. The van der Waals surface area contributed by atoms with Gasteiger partial charge in [-0.05, 0) is 47.9 Å². The van der Waals surface area contributed by atoms with Crippen LogP contribution in [0.3, 0.4) is 0 Å². The fourth-order valence-electron chi connectivity index (χ4n) is 2.83. The van der Waals surface area contributed by atoms with Crippen LogP contribution in [0.1, 0.15) is 25.5 Å². The van der Waals surface area contributed by atoms with Gasteiger partial charge in [0.2, 0.25) is 10.0 Å². The minimum Gasteiger partial charge on any atom is -0.497 e. The first-order chi connectivity index (χ1) is 12.4. The van der Waals surface area contributed by atoms with Crippen LogP contribution in [0.2, 0.25) is 0 Å². The Hall–Kier alpha value is -2.25. The molecule has 1 aliphatic rings. The predicted molar refractivity (Wildman–Crippen MR) is 98.3 cm³/mol. The first kappa shape index (κ1) is 18.5. The number of fused-ring (bicyclic) bond motifs is 1. The van der Waals surface area contributed by atoms with Crippen LogP contribution >= 0.6 is 0 Å². The summed E-state index contributed by atoms with van der Waals surface area (Å²) in [6.07, 6.45) is 0. The maximum Gasteiger partial charge on any atom is 0.241 e. The standard InChI is InChI=1S/C19H23NO5S/c1-13(2)19(14-4-9-17-18(12-14)25-11-10-24-17)20-26(21,22)16-7-5-15(23-3)6-8-16/h4-9,12-13,19-20H,10-11H2,1-3H3/t19-/m1/s1. The summed E-state index contributed by atoms with van der Waals surface area (Å²) in [6, 6.07) is 11.5. The molecule has 26 heavy (non-hydrogen) atoms. The van der Waals surface area contributed by atoms with Gasteiger partial charge in [-0.2, -0.15) is 0 Å². The predicted octanol–water partition coefficient (Wildman–Crippen LogP) is 3.14. The quantitative estimate of drug-likeness (QED) is 0.837. The average Bonchev–Trinajstić information content (AvgIpc) is 2.65. The fourth-order valence-corrected chi connectivity index (χ4v) is 4.21. The van der Waals surface area contributed by atoms with Gasteiger partial charge in [-0.25, -0.2) is 13.1 Å². The van der Waals surface area contributed by atoms with E-state index in [-0.39, 0.29) is 10.8 Å². The van der Waals surface area contributed by atoms with Crippen LogP contribution < -0.4 is 18.9 Å². The van der Waals surface area contributed by atoms with Gasteiger partial charge in [0.05, 0.1) is 12.0 Å². The molecule has 6 nitrogen and oxygen atoms in total. The highest BCUT2D eigenvalue weighted by molar-refractivity contribution is 7.89. The summed E-state index contributed by atoms with van der Waals surface area (Å²) in [7, 11) is -2.14. The van der Waals surface area contributed by atoms with Crippen LogP contribution in [0.4, 0.5) is 0 Å². The molecule has 1 aliphatic heterocycles. The topological polar surface area (TPSA) is 73.9 Å². The lowest BCUT2D eigenvalue weighted by Crippen LogP contribution is -2.32. The molecule has 1 atom stereocenters. The number of hydrogen-bond acceptors (Lipinski definition) is 5. The van der Waals surface area contributed by atoms with Crippen molar-refractivity contribution in [1.82, 2.24) is 4.72 Å². The molecule has 1 heterocycles. The molecule has 0 saturated carbocycles. The summed E-state index contributed by atoms with van der Waals surface area (Å²) in [6.45, 7) is 4.94. The minimum atomic E-state index is -3.68. The van der Waals surface area contributed by atoms with Crippen molar-refractivity contribution in [3.63, 3.8) is 0 Å². The number of nitrogens with one attached hydrogen (secondary N) is 1. The summed E-state index contributed by atoms with van der Waals surface area (Å²) in [5, 5.41) is 0. The molecular formula is C19H23NO5S. The Labute approximate surface area is 154 Å². The van der Waals surface area contributed by atoms with Gasteiger partial charge >= 0.3 is 0 Å². The van der Waals surface area contributed by atoms with Crippen molar-refractivity contribution in [2.45, 2.75) is 24.8 Å². The van der Waals surface area contributed by atoms with Gasteiger partial charge in [0.25, 0.3) is 0 Å². The van der Waals surface area contributed by atoms with E-state index in [2.05, 4.69) is 4.72 Å². The van der Waals surface area contributed by atoms with Crippen molar-refractivity contribution < 1.29 is 22.6 Å². The van der Waals surface area contributed by atoms with Crippen LogP contribution in [-0.2, 0) is 10.0 Å². The third-order valence-electron chi connectivity index (χ3n) is 4.24.